The van der Waals surface area contributed by atoms with Gasteiger partial charge in [-0.25, -0.2) is 4.98 Å². The molecule has 0 atom stereocenters. The van der Waals surface area contributed by atoms with Gasteiger partial charge in [-0.3, -0.25) is 14.7 Å². The van der Waals surface area contributed by atoms with Gasteiger partial charge in [-0.1, -0.05) is 18.2 Å². The molecule has 2 aromatic carbocycles. The lowest BCUT2D eigenvalue weighted by Gasteiger charge is -2.27. The van der Waals surface area contributed by atoms with Crippen molar-refractivity contribution in [2.24, 2.45) is 0 Å². The molecule has 0 radical (unpaired) electrons. The van der Waals surface area contributed by atoms with Crippen molar-refractivity contribution in [2.75, 3.05) is 12.3 Å². The Bertz CT molecular complexity index is 1420. The summed E-state index contributed by atoms with van der Waals surface area (Å²) < 4.78 is 0. The summed E-state index contributed by atoms with van der Waals surface area (Å²) in [6.45, 7) is 1.94. The second-order valence-corrected chi connectivity index (χ2v) is 8.13. The van der Waals surface area contributed by atoms with E-state index >= 15 is 0 Å². The fourth-order valence-corrected chi connectivity index (χ4v) is 4.10. The molecule has 162 valence electrons. The van der Waals surface area contributed by atoms with E-state index in [4.69, 9.17) is 21.0 Å². The van der Waals surface area contributed by atoms with Crippen LogP contribution in [0.25, 0.3) is 22.6 Å². The molecule has 7 heteroatoms. The van der Waals surface area contributed by atoms with Crippen LogP contribution in [0.2, 0.25) is 0 Å². The van der Waals surface area contributed by atoms with E-state index in [1.165, 1.54) is 0 Å². The number of nitrogen functional groups attached to an aromatic ring is 1. The fourth-order valence-electron chi connectivity index (χ4n) is 4.10. The van der Waals surface area contributed by atoms with Crippen molar-refractivity contribution >= 4 is 5.69 Å². The summed E-state index contributed by atoms with van der Waals surface area (Å²) in [4.78, 5) is 27.5. The number of anilines is 1. The van der Waals surface area contributed by atoms with Crippen molar-refractivity contribution in [3.8, 4) is 28.7 Å². The predicted octanol–water partition coefficient (Wildman–Crippen LogP) is 3.51. The molecule has 0 saturated heterocycles. The zero-order valence-corrected chi connectivity index (χ0v) is 18.0. The number of nitrogens with two attached hydrogens (primary N) is 1. The highest BCUT2D eigenvalue weighted by Crippen LogP contribution is 2.22. The lowest BCUT2D eigenvalue weighted by molar-refractivity contribution is 0.239. The third-order valence-corrected chi connectivity index (χ3v) is 5.81. The summed E-state index contributed by atoms with van der Waals surface area (Å²) >= 11 is 0. The molecule has 0 fully saturated rings. The van der Waals surface area contributed by atoms with Gasteiger partial charge in [-0.2, -0.15) is 5.26 Å². The van der Waals surface area contributed by atoms with Crippen LogP contribution in [0.15, 0.2) is 71.5 Å². The number of nitrogens with zero attached hydrogens (tertiary/aromatic N) is 4. The van der Waals surface area contributed by atoms with Crippen molar-refractivity contribution in [1.29, 1.82) is 5.26 Å². The first-order chi connectivity index (χ1) is 16.1. The number of fused-ring (bicyclic) bond motifs is 1. The summed E-state index contributed by atoms with van der Waals surface area (Å²) in [5, 5.41) is 9.16. The summed E-state index contributed by atoms with van der Waals surface area (Å²) in [5.41, 5.74) is 12.0. The number of H-pyrrole nitrogens is 1. The monoisotopic (exact) mass is 434 g/mol. The van der Waals surface area contributed by atoms with E-state index in [0.717, 1.165) is 34.8 Å². The largest absolute Gasteiger partial charge is 0.399 e. The number of rotatable bonds is 4. The highest BCUT2D eigenvalue weighted by atomic mass is 16.1. The van der Waals surface area contributed by atoms with Crippen LogP contribution in [-0.2, 0) is 19.5 Å². The van der Waals surface area contributed by atoms with Crippen LogP contribution in [-0.4, -0.2) is 26.4 Å². The molecule has 0 aliphatic carbocycles. The van der Waals surface area contributed by atoms with Gasteiger partial charge in [0.2, 0.25) is 0 Å². The molecule has 3 N–H and O–H groups in total. The first kappa shape index (κ1) is 20.6. The Morgan fingerprint density at radius 2 is 1.85 bits per heavy atom. The highest BCUT2D eigenvalue weighted by Gasteiger charge is 2.22. The molecule has 3 heterocycles. The van der Waals surface area contributed by atoms with Crippen LogP contribution < -0.4 is 11.3 Å². The number of aromatic amines is 1. The Balaban J connectivity index is 1.35. The average Bonchev–Trinajstić information content (AvgIpc) is 2.85. The number of nitriles is 1. The first-order valence-electron chi connectivity index (χ1n) is 10.8. The minimum Gasteiger partial charge on any atom is -0.399 e. The number of hydrogen-bond donors (Lipinski definition) is 2. The fraction of sp³-hybridized carbons (Fsp3) is 0.154. The Morgan fingerprint density at radius 3 is 2.67 bits per heavy atom. The van der Waals surface area contributed by atoms with Gasteiger partial charge in [-0.15, -0.1) is 0 Å². The molecule has 0 saturated carbocycles. The van der Waals surface area contributed by atoms with Gasteiger partial charge in [0.1, 0.15) is 5.82 Å². The Labute approximate surface area is 191 Å². The summed E-state index contributed by atoms with van der Waals surface area (Å²) in [6, 6.07) is 22.8. The van der Waals surface area contributed by atoms with Gasteiger partial charge in [-0.05, 0) is 48.5 Å². The van der Waals surface area contributed by atoms with E-state index in [2.05, 4.69) is 16.0 Å². The van der Waals surface area contributed by atoms with Gasteiger partial charge >= 0.3 is 0 Å². The van der Waals surface area contributed by atoms with E-state index in [0.29, 0.717) is 42.1 Å². The zero-order chi connectivity index (χ0) is 22.8. The van der Waals surface area contributed by atoms with Crippen LogP contribution in [0.3, 0.4) is 0 Å². The lowest BCUT2D eigenvalue weighted by atomic mass is 10.1. The molecule has 0 amide bonds. The average molecular weight is 435 g/mol. The Kier molecular flexibility index (Phi) is 5.43. The maximum atomic E-state index is 12.8. The minimum atomic E-state index is -0.105. The molecular formula is C26H22N6O. The zero-order valence-electron chi connectivity index (χ0n) is 18.0. The van der Waals surface area contributed by atoms with Crippen molar-refractivity contribution in [1.82, 2.24) is 19.9 Å². The first-order valence-corrected chi connectivity index (χ1v) is 10.8. The number of nitrogens with one attached hydrogen (secondary N) is 1. The number of pyridine rings is 1. The van der Waals surface area contributed by atoms with Gasteiger partial charge in [0.05, 0.1) is 34.3 Å². The number of hydrogen-bond acceptors (Lipinski definition) is 6. The second kappa shape index (κ2) is 8.69. The topological polar surface area (TPSA) is 112 Å². The van der Waals surface area contributed by atoms with Crippen molar-refractivity contribution in [3.05, 3.63) is 99.6 Å². The minimum absolute atomic E-state index is 0.105. The van der Waals surface area contributed by atoms with Gasteiger partial charge < -0.3 is 10.7 Å². The number of benzene rings is 2. The molecule has 7 nitrogen and oxygen atoms in total. The molecule has 1 aliphatic rings. The number of aromatic nitrogens is 3. The summed E-state index contributed by atoms with van der Waals surface area (Å²) in [5.74, 6) is 0.571. The second-order valence-electron chi connectivity index (χ2n) is 8.13. The van der Waals surface area contributed by atoms with Gasteiger partial charge in [0.15, 0.2) is 0 Å². The van der Waals surface area contributed by atoms with E-state index in [1.807, 2.05) is 48.5 Å². The molecule has 33 heavy (non-hydrogen) atoms. The van der Waals surface area contributed by atoms with E-state index in [1.54, 1.807) is 18.2 Å². The van der Waals surface area contributed by atoms with Crippen LogP contribution >= 0.6 is 0 Å². The van der Waals surface area contributed by atoms with E-state index in [9.17, 15) is 4.79 Å². The Hall–Kier alpha value is -4.28. The standard InChI is InChI=1S/C26H22N6O/c27-14-17-3-1-4-19(13-17)23-6-2-5-21(29-23)15-32-12-11-24-22(16-32)26(33)31-25(30-24)18-7-9-20(28)10-8-18/h1-10,13H,11-12,15-16,28H2,(H,30,31,33). The van der Waals surface area contributed by atoms with Crippen molar-refractivity contribution in [3.63, 3.8) is 0 Å². The van der Waals surface area contributed by atoms with Crippen molar-refractivity contribution < 1.29 is 0 Å². The van der Waals surface area contributed by atoms with Gasteiger partial charge in [0.25, 0.3) is 5.56 Å². The molecular weight excluding hydrogens is 412 g/mol. The summed E-state index contributed by atoms with van der Waals surface area (Å²) in [7, 11) is 0. The molecule has 2 aromatic heterocycles. The maximum Gasteiger partial charge on any atom is 0.255 e. The molecule has 1 aliphatic heterocycles. The van der Waals surface area contributed by atoms with Crippen LogP contribution in [0.4, 0.5) is 5.69 Å². The van der Waals surface area contributed by atoms with Crippen LogP contribution in [0.5, 0.6) is 0 Å². The highest BCUT2D eigenvalue weighted by molar-refractivity contribution is 5.61. The van der Waals surface area contributed by atoms with E-state index < -0.39 is 0 Å². The lowest BCUT2D eigenvalue weighted by Crippen LogP contribution is -2.35. The third kappa shape index (κ3) is 4.38. The SMILES string of the molecule is N#Cc1cccc(-c2cccc(CN3CCc4nc(-c5ccc(N)cc5)[nH]c(=O)c4C3)n2)c1. The normalized spacial score (nSPS) is 13.3. The smallest absolute Gasteiger partial charge is 0.255 e. The molecule has 4 aromatic rings. The quantitative estimate of drug-likeness (QED) is 0.476. The molecule has 0 bridgehead atoms. The van der Waals surface area contributed by atoms with Crippen LogP contribution in [0, 0.1) is 11.3 Å². The third-order valence-electron chi connectivity index (χ3n) is 5.81. The van der Waals surface area contributed by atoms with Gasteiger partial charge in [0, 0.05) is 42.9 Å². The predicted molar refractivity (Wildman–Crippen MR) is 127 cm³/mol. The van der Waals surface area contributed by atoms with Crippen molar-refractivity contribution in [2.45, 2.75) is 19.5 Å². The maximum absolute atomic E-state index is 12.8. The summed E-state index contributed by atoms with van der Waals surface area (Å²) in [6.07, 6.45) is 0.700. The van der Waals surface area contributed by atoms with E-state index in [-0.39, 0.29) is 5.56 Å². The van der Waals surface area contributed by atoms with Crippen LogP contribution in [0.1, 0.15) is 22.5 Å². The molecule has 0 spiro atoms. The Morgan fingerprint density at radius 1 is 1.03 bits per heavy atom. The molecule has 5 rings (SSSR count). The molecule has 0 unspecified atom stereocenters.